The van der Waals surface area contributed by atoms with E-state index in [2.05, 4.69) is 27.9 Å². The van der Waals surface area contributed by atoms with Crippen LogP contribution in [0.2, 0.25) is 10.0 Å². The van der Waals surface area contributed by atoms with E-state index in [9.17, 15) is 4.79 Å². The minimum absolute atomic E-state index is 0.247. The average molecular weight is 406 g/mol. The largest absolute Gasteiger partial charge is 0.322 e. The molecule has 2 rings (SSSR count). The van der Waals surface area contributed by atoms with Crippen LogP contribution in [-0.2, 0) is 0 Å². The maximum atomic E-state index is 12.1. The minimum Gasteiger partial charge on any atom is -0.322 e. The Balaban J connectivity index is 2.25. The molecule has 0 atom stereocenters. The highest BCUT2D eigenvalue weighted by Gasteiger charge is 2.11. The van der Waals surface area contributed by atoms with Gasteiger partial charge in [-0.15, -0.1) is 0 Å². The van der Waals surface area contributed by atoms with Crippen LogP contribution in [0, 0.1) is 10.5 Å². The Labute approximate surface area is 135 Å². The smallest absolute Gasteiger partial charge is 0.257 e. The second-order valence-corrected chi connectivity index (χ2v) is 6.10. The van der Waals surface area contributed by atoms with Crippen LogP contribution in [0.15, 0.2) is 36.4 Å². The minimum atomic E-state index is -0.247. The molecule has 0 bridgehead atoms. The third-order valence-corrected chi connectivity index (χ3v) is 4.01. The van der Waals surface area contributed by atoms with Crippen molar-refractivity contribution in [1.29, 1.82) is 0 Å². The lowest BCUT2D eigenvalue weighted by Crippen LogP contribution is -2.12. The lowest BCUT2D eigenvalue weighted by Gasteiger charge is -2.08. The Kier molecular flexibility index (Phi) is 4.71. The van der Waals surface area contributed by atoms with Gasteiger partial charge in [0.05, 0.1) is 10.6 Å². The number of amides is 1. The number of aryl methyl sites for hydroxylation is 1. The monoisotopic (exact) mass is 405 g/mol. The maximum Gasteiger partial charge on any atom is 0.257 e. The molecule has 2 aromatic carbocycles. The van der Waals surface area contributed by atoms with Crippen LogP contribution in [0.4, 0.5) is 5.69 Å². The van der Waals surface area contributed by atoms with Crippen LogP contribution >= 0.6 is 45.8 Å². The van der Waals surface area contributed by atoms with Crippen molar-refractivity contribution in [3.63, 3.8) is 0 Å². The number of halogens is 3. The molecule has 98 valence electrons. The molecule has 19 heavy (non-hydrogen) atoms. The molecule has 0 fully saturated rings. The van der Waals surface area contributed by atoms with Crippen molar-refractivity contribution < 1.29 is 4.79 Å². The fourth-order valence-corrected chi connectivity index (χ4v) is 2.42. The molecule has 0 aromatic heterocycles. The van der Waals surface area contributed by atoms with E-state index in [0.29, 0.717) is 21.3 Å². The van der Waals surface area contributed by atoms with E-state index < -0.39 is 0 Å². The highest BCUT2D eigenvalue weighted by atomic mass is 127. The number of hydrogen-bond acceptors (Lipinski definition) is 1. The molecule has 0 unspecified atom stereocenters. The van der Waals surface area contributed by atoms with Gasteiger partial charge in [-0.1, -0.05) is 29.3 Å². The molecule has 5 heteroatoms. The highest BCUT2D eigenvalue weighted by Crippen LogP contribution is 2.23. The van der Waals surface area contributed by atoms with Gasteiger partial charge >= 0.3 is 0 Å². The zero-order valence-corrected chi connectivity index (χ0v) is 13.7. The van der Waals surface area contributed by atoms with E-state index in [1.165, 1.54) is 0 Å². The third-order valence-electron chi connectivity index (χ3n) is 2.60. The predicted octanol–water partition coefficient (Wildman–Crippen LogP) is 5.16. The first-order chi connectivity index (χ1) is 8.97. The first-order valence-electron chi connectivity index (χ1n) is 5.50. The van der Waals surface area contributed by atoms with Gasteiger partial charge in [0.2, 0.25) is 0 Å². The van der Waals surface area contributed by atoms with E-state index in [1.807, 2.05) is 19.1 Å². The summed E-state index contributed by atoms with van der Waals surface area (Å²) in [5.74, 6) is -0.247. The molecule has 2 aromatic rings. The second kappa shape index (κ2) is 6.11. The second-order valence-electron chi connectivity index (χ2n) is 4.04. The lowest BCUT2D eigenvalue weighted by atomic mass is 10.2. The summed E-state index contributed by atoms with van der Waals surface area (Å²) in [6, 6.07) is 10.7. The molecule has 1 amide bonds. The van der Waals surface area contributed by atoms with Gasteiger partial charge in [0.1, 0.15) is 0 Å². The Hall–Kier alpha value is -0.780. The molecular weight excluding hydrogens is 396 g/mol. The van der Waals surface area contributed by atoms with E-state index in [1.54, 1.807) is 24.3 Å². The van der Waals surface area contributed by atoms with Gasteiger partial charge in [-0.2, -0.15) is 0 Å². The molecule has 2 nitrogen and oxygen atoms in total. The number of nitrogens with one attached hydrogen (secondary N) is 1. The number of hydrogen-bond donors (Lipinski definition) is 1. The average Bonchev–Trinajstić information content (AvgIpc) is 2.36. The van der Waals surface area contributed by atoms with Crippen LogP contribution in [-0.4, -0.2) is 5.91 Å². The summed E-state index contributed by atoms with van der Waals surface area (Å²) in [6.45, 7) is 1.91. The molecule has 0 aliphatic heterocycles. The van der Waals surface area contributed by atoms with Gasteiger partial charge in [-0.25, -0.2) is 0 Å². The van der Waals surface area contributed by atoms with Gasteiger partial charge in [0, 0.05) is 14.3 Å². The summed E-state index contributed by atoms with van der Waals surface area (Å²) in [5.41, 5.74) is 2.06. The Morgan fingerprint density at radius 1 is 1.11 bits per heavy atom. The molecule has 0 saturated heterocycles. The number of anilines is 1. The van der Waals surface area contributed by atoms with Gasteiger partial charge in [0.15, 0.2) is 0 Å². The van der Waals surface area contributed by atoms with Crippen molar-refractivity contribution in [3.05, 3.63) is 61.1 Å². The van der Waals surface area contributed by atoms with E-state index in [0.717, 1.165) is 9.13 Å². The lowest BCUT2D eigenvalue weighted by molar-refractivity contribution is 0.102. The SMILES string of the molecule is Cc1ccc(NC(=O)c2cc(I)ccc2Cl)cc1Cl. The molecule has 0 spiro atoms. The van der Waals surface area contributed by atoms with Crippen LogP contribution in [0.25, 0.3) is 0 Å². The first-order valence-corrected chi connectivity index (χ1v) is 7.33. The first kappa shape index (κ1) is 14.6. The summed E-state index contributed by atoms with van der Waals surface area (Å²) < 4.78 is 0.953. The normalized spacial score (nSPS) is 10.3. The van der Waals surface area contributed by atoms with Crippen molar-refractivity contribution in [2.24, 2.45) is 0 Å². The molecule has 0 aliphatic carbocycles. The Morgan fingerprint density at radius 2 is 1.84 bits per heavy atom. The van der Waals surface area contributed by atoms with Crippen molar-refractivity contribution >= 4 is 57.4 Å². The van der Waals surface area contributed by atoms with Crippen molar-refractivity contribution in [2.45, 2.75) is 6.92 Å². The fourth-order valence-electron chi connectivity index (χ4n) is 1.54. The molecule has 1 N–H and O–H groups in total. The van der Waals surface area contributed by atoms with Gasteiger partial charge < -0.3 is 5.32 Å². The van der Waals surface area contributed by atoms with Crippen molar-refractivity contribution in [3.8, 4) is 0 Å². The van der Waals surface area contributed by atoms with E-state index in [-0.39, 0.29) is 5.91 Å². The Bertz CT molecular complexity index is 643. The summed E-state index contributed by atoms with van der Waals surface area (Å²) in [5, 5.41) is 3.83. The van der Waals surface area contributed by atoms with Crippen LogP contribution in [0.3, 0.4) is 0 Å². The van der Waals surface area contributed by atoms with Crippen molar-refractivity contribution in [1.82, 2.24) is 0 Å². The predicted molar refractivity (Wildman–Crippen MR) is 88.3 cm³/mol. The number of carbonyl (C=O) groups is 1. The topological polar surface area (TPSA) is 29.1 Å². The molecular formula is C14H10Cl2INO. The summed E-state index contributed by atoms with van der Waals surface area (Å²) in [6.07, 6.45) is 0. The van der Waals surface area contributed by atoms with E-state index in [4.69, 9.17) is 23.2 Å². The van der Waals surface area contributed by atoms with Gasteiger partial charge in [-0.05, 0) is 65.4 Å². The quantitative estimate of drug-likeness (QED) is 0.687. The number of benzene rings is 2. The van der Waals surface area contributed by atoms with Crippen LogP contribution in [0.1, 0.15) is 15.9 Å². The van der Waals surface area contributed by atoms with Crippen LogP contribution < -0.4 is 5.32 Å². The van der Waals surface area contributed by atoms with Gasteiger partial charge in [0.25, 0.3) is 5.91 Å². The summed E-state index contributed by atoms with van der Waals surface area (Å²) in [4.78, 5) is 12.1. The molecule has 0 heterocycles. The van der Waals surface area contributed by atoms with Crippen LogP contribution in [0.5, 0.6) is 0 Å². The standard InChI is InChI=1S/C14H10Cl2INO/c1-8-2-4-10(7-13(8)16)18-14(19)11-6-9(17)3-5-12(11)15/h2-7H,1H3,(H,18,19). The highest BCUT2D eigenvalue weighted by molar-refractivity contribution is 14.1. The number of rotatable bonds is 2. The summed E-state index contributed by atoms with van der Waals surface area (Å²) >= 11 is 14.2. The third kappa shape index (κ3) is 3.61. The van der Waals surface area contributed by atoms with E-state index >= 15 is 0 Å². The molecule has 0 saturated carbocycles. The Morgan fingerprint density at radius 3 is 2.53 bits per heavy atom. The summed E-state index contributed by atoms with van der Waals surface area (Å²) in [7, 11) is 0. The zero-order valence-electron chi connectivity index (χ0n) is 10.0. The molecule has 0 aliphatic rings. The maximum absolute atomic E-state index is 12.1. The zero-order chi connectivity index (χ0) is 14.0. The van der Waals surface area contributed by atoms with Gasteiger partial charge in [-0.3, -0.25) is 4.79 Å². The van der Waals surface area contributed by atoms with Crippen molar-refractivity contribution in [2.75, 3.05) is 5.32 Å². The molecule has 0 radical (unpaired) electrons. The fraction of sp³-hybridized carbons (Fsp3) is 0.0714. The number of carbonyl (C=O) groups excluding carboxylic acids is 1.